The maximum absolute atomic E-state index is 14.6. The Kier molecular flexibility index (Phi) is 7.53. The van der Waals surface area contributed by atoms with Gasteiger partial charge in [-0.3, -0.25) is 9.59 Å². The van der Waals surface area contributed by atoms with E-state index in [-0.39, 0.29) is 23.0 Å². The Morgan fingerprint density at radius 3 is 2.39 bits per heavy atom. The van der Waals surface area contributed by atoms with E-state index >= 15 is 0 Å². The summed E-state index contributed by atoms with van der Waals surface area (Å²) in [6, 6.07) is 10.5. The normalized spacial score (nSPS) is 17.9. The molecule has 1 heterocycles. The molecular weight excluding hydrogens is 423 g/mol. The van der Waals surface area contributed by atoms with E-state index in [0.717, 1.165) is 18.2 Å². The van der Waals surface area contributed by atoms with Gasteiger partial charge in [-0.05, 0) is 44.0 Å². The third kappa shape index (κ3) is 5.42. The number of benzene rings is 2. The van der Waals surface area contributed by atoms with Gasteiger partial charge in [0, 0.05) is 18.5 Å². The van der Waals surface area contributed by atoms with E-state index in [0.29, 0.717) is 18.5 Å². The zero-order valence-corrected chi connectivity index (χ0v) is 19.8. The standard InChI is InChI=1S/C26H31FN2O4/c1-16(2)33-21-12-11-19(15-20(21)27)24(30)22-23(18-9-7-17(3)8-10-18)29(26(32)25(22)31)14-6-13-28(4)5/h7-12,15-16,23,30H,6,13-14H2,1-5H3. The Balaban J connectivity index is 2.07. The molecule has 1 saturated heterocycles. The van der Waals surface area contributed by atoms with Crippen molar-refractivity contribution < 1.29 is 28.7 Å². The van der Waals surface area contributed by atoms with Crippen molar-refractivity contribution >= 4 is 17.4 Å². The van der Waals surface area contributed by atoms with Gasteiger partial charge in [0.15, 0.2) is 11.6 Å². The summed E-state index contributed by atoms with van der Waals surface area (Å²) in [5.74, 6) is -2.83. The van der Waals surface area contributed by atoms with Crippen LogP contribution in [0.2, 0.25) is 0 Å². The Hall–Kier alpha value is -3.19. The van der Waals surface area contributed by atoms with Crippen molar-refractivity contribution in [2.24, 2.45) is 0 Å². The van der Waals surface area contributed by atoms with Crippen molar-refractivity contribution in [3.05, 3.63) is 70.5 Å². The van der Waals surface area contributed by atoms with Crippen molar-refractivity contribution in [3.8, 4) is 5.75 Å². The van der Waals surface area contributed by atoms with Crippen LogP contribution in [0.3, 0.4) is 0 Å². The molecule has 0 saturated carbocycles. The van der Waals surface area contributed by atoms with Crippen LogP contribution in [0.4, 0.5) is 4.39 Å². The predicted molar refractivity (Wildman–Crippen MR) is 122 cm³/mol. The molecule has 0 bridgehead atoms. The van der Waals surface area contributed by atoms with Gasteiger partial charge < -0.3 is 19.6 Å². The number of Topliss-reactive ketones (excluding diaryl/α,β-unsaturated/α-hetero) is 1. The Labute approximate surface area is 194 Å². The summed E-state index contributed by atoms with van der Waals surface area (Å²) in [5.41, 5.74) is 1.57. The Morgan fingerprint density at radius 1 is 1.15 bits per heavy atom. The first kappa shape index (κ1) is 24.5. The molecule has 3 rings (SSSR count). The average Bonchev–Trinajstić information content (AvgIpc) is 2.99. The largest absolute Gasteiger partial charge is 0.872 e. The lowest BCUT2D eigenvalue weighted by Gasteiger charge is -2.28. The molecule has 176 valence electrons. The van der Waals surface area contributed by atoms with E-state index in [4.69, 9.17) is 4.74 Å². The predicted octanol–water partition coefficient (Wildman–Crippen LogP) is 1.68. The monoisotopic (exact) mass is 454 g/mol. The van der Waals surface area contributed by atoms with E-state index in [1.807, 2.05) is 45.3 Å². The highest BCUT2D eigenvalue weighted by molar-refractivity contribution is 6.46. The summed E-state index contributed by atoms with van der Waals surface area (Å²) in [6.07, 6.45) is 0.453. The summed E-state index contributed by atoms with van der Waals surface area (Å²) in [6.45, 7) is 6.64. The fourth-order valence-corrected chi connectivity index (χ4v) is 3.95. The maximum atomic E-state index is 14.6. The van der Waals surface area contributed by atoms with Crippen LogP contribution >= 0.6 is 0 Å². The third-order valence-electron chi connectivity index (χ3n) is 5.56. The second kappa shape index (κ2) is 10.2. The fraction of sp³-hybridized carbons (Fsp3) is 0.385. The fourth-order valence-electron chi connectivity index (χ4n) is 3.95. The molecular formula is C26H31FN2O4. The van der Waals surface area contributed by atoms with Gasteiger partial charge in [-0.15, -0.1) is 0 Å². The molecule has 1 amide bonds. The molecule has 1 aliphatic heterocycles. The SMILES string of the molecule is Cc1ccc(C2C(=C([O-])c3ccc(OC(C)C)c(F)c3)C(=O)C(=O)N2CCC[NH+](C)C)cc1. The van der Waals surface area contributed by atoms with Crippen LogP contribution < -0.4 is 14.7 Å². The van der Waals surface area contributed by atoms with Gasteiger partial charge in [-0.2, -0.15) is 0 Å². The zero-order chi connectivity index (χ0) is 24.3. The molecule has 2 aromatic carbocycles. The number of ether oxygens (including phenoxy) is 1. The van der Waals surface area contributed by atoms with Crippen molar-refractivity contribution in [3.63, 3.8) is 0 Å². The van der Waals surface area contributed by atoms with Gasteiger partial charge in [-0.25, -0.2) is 4.39 Å². The summed E-state index contributed by atoms with van der Waals surface area (Å²) in [4.78, 5) is 28.6. The number of halogens is 1. The molecule has 6 nitrogen and oxygen atoms in total. The quantitative estimate of drug-likeness (QED) is 0.374. The summed E-state index contributed by atoms with van der Waals surface area (Å²) in [7, 11) is 4.02. The smallest absolute Gasteiger partial charge is 0.295 e. The van der Waals surface area contributed by atoms with Gasteiger partial charge in [-0.1, -0.05) is 41.7 Å². The molecule has 2 aromatic rings. The lowest BCUT2D eigenvalue weighted by molar-refractivity contribution is -0.858. The number of ketones is 1. The van der Waals surface area contributed by atoms with E-state index < -0.39 is 29.3 Å². The number of quaternary nitrogens is 1. The van der Waals surface area contributed by atoms with Gasteiger partial charge in [0.2, 0.25) is 5.78 Å². The number of aryl methyl sites for hydroxylation is 1. The lowest BCUT2D eigenvalue weighted by atomic mass is 9.94. The van der Waals surface area contributed by atoms with E-state index in [1.54, 1.807) is 13.8 Å². The van der Waals surface area contributed by atoms with Crippen LogP contribution in [0, 0.1) is 12.7 Å². The number of hydrogen-bond acceptors (Lipinski definition) is 4. The highest BCUT2D eigenvalue weighted by Crippen LogP contribution is 2.39. The number of amides is 1. The molecule has 33 heavy (non-hydrogen) atoms. The number of carbonyl (C=O) groups is 2. The van der Waals surface area contributed by atoms with Gasteiger partial charge in [0.1, 0.15) is 0 Å². The van der Waals surface area contributed by atoms with Crippen LogP contribution in [0.15, 0.2) is 48.0 Å². The van der Waals surface area contributed by atoms with Gasteiger partial charge in [0.25, 0.3) is 5.91 Å². The van der Waals surface area contributed by atoms with Crippen molar-refractivity contribution in [2.75, 3.05) is 27.2 Å². The topological polar surface area (TPSA) is 74.1 Å². The second-order valence-corrected chi connectivity index (χ2v) is 9.01. The number of rotatable bonds is 8. The molecule has 1 fully saturated rings. The van der Waals surface area contributed by atoms with Crippen molar-refractivity contribution in [2.45, 2.75) is 39.3 Å². The summed E-state index contributed by atoms with van der Waals surface area (Å²) >= 11 is 0. The minimum absolute atomic E-state index is 0.0106. The van der Waals surface area contributed by atoms with Crippen LogP contribution in [0.25, 0.3) is 5.76 Å². The molecule has 1 unspecified atom stereocenters. The number of hydrogen-bond donors (Lipinski definition) is 1. The zero-order valence-electron chi connectivity index (χ0n) is 19.8. The van der Waals surface area contributed by atoms with Crippen LogP contribution in [0.5, 0.6) is 5.75 Å². The molecule has 0 spiro atoms. The first-order valence-electron chi connectivity index (χ1n) is 11.2. The Morgan fingerprint density at radius 2 is 1.82 bits per heavy atom. The van der Waals surface area contributed by atoms with Crippen LogP contribution in [-0.4, -0.2) is 49.9 Å². The second-order valence-electron chi connectivity index (χ2n) is 9.01. The molecule has 1 atom stereocenters. The summed E-state index contributed by atoms with van der Waals surface area (Å²) < 4.78 is 20.0. The maximum Gasteiger partial charge on any atom is 0.295 e. The highest BCUT2D eigenvalue weighted by Gasteiger charge is 2.43. The van der Waals surface area contributed by atoms with Crippen molar-refractivity contribution in [1.29, 1.82) is 0 Å². The highest BCUT2D eigenvalue weighted by atomic mass is 19.1. The first-order chi connectivity index (χ1) is 15.6. The number of carbonyl (C=O) groups excluding carboxylic acids is 2. The molecule has 0 aliphatic carbocycles. The number of nitrogens with one attached hydrogen (secondary N) is 1. The molecule has 1 aliphatic rings. The van der Waals surface area contributed by atoms with E-state index in [9.17, 15) is 19.1 Å². The first-order valence-corrected chi connectivity index (χ1v) is 11.2. The molecule has 1 N–H and O–H groups in total. The summed E-state index contributed by atoms with van der Waals surface area (Å²) in [5, 5.41) is 13.4. The Bertz CT molecular complexity index is 1060. The van der Waals surface area contributed by atoms with Crippen molar-refractivity contribution in [1.82, 2.24) is 4.90 Å². The lowest BCUT2D eigenvalue weighted by Crippen LogP contribution is -3.05. The minimum atomic E-state index is -0.828. The van der Waals surface area contributed by atoms with Crippen LogP contribution in [0.1, 0.15) is 43.0 Å². The van der Waals surface area contributed by atoms with E-state index in [1.165, 1.54) is 21.9 Å². The third-order valence-corrected chi connectivity index (χ3v) is 5.56. The number of nitrogens with zero attached hydrogens (tertiary/aromatic N) is 1. The van der Waals surface area contributed by atoms with Gasteiger partial charge >= 0.3 is 0 Å². The average molecular weight is 455 g/mol. The molecule has 7 heteroatoms. The number of likely N-dealkylation sites (tertiary alicyclic amines) is 1. The molecule has 0 aromatic heterocycles. The van der Waals surface area contributed by atoms with Gasteiger partial charge in [0.05, 0.1) is 32.8 Å². The molecule has 0 radical (unpaired) electrons. The minimum Gasteiger partial charge on any atom is -0.872 e. The van der Waals surface area contributed by atoms with E-state index in [2.05, 4.69) is 0 Å². The van der Waals surface area contributed by atoms with Crippen LogP contribution in [-0.2, 0) is 9.59 Å².